The van der Waals surface area contributed by atoms with Crippen LogP contribution < -0.4 is 0 Å². The van der Waals surface area contributed by atoms with Crippen LogP contribution in [0.2, 0.25) is 0 Å². The van der Waals surface area contributed by atoms with E-state index in [9.17, 15) is 9.90 Å². The summed E-state index contributed by atoms with van der Waals surface area (Å²) in [6, 6.07) is 26.2. The van der Waals surface area contributed by atoms with Gasteiger partial charge in [-0.3, -0.25) is 0 Å². The van der Waals surface area contributed by atoms with Crippen molar-refractivity contribution in [3.63, 3.8) is 0 Å². The van der Waals surface area contributed by atoms with Crippen LogP contribution in [0.25, 0.3) is 67.6 Å². The molecule has 0 aliphatic rings. The molecule has 1 N–H and O–H groups in total. The van der Waals surface area contributed by atoms with Gasteiger partial charge in [0.05, 0.1) is 0 Å². The maximum atomic E-state index is 11.7. The monoisotopic (exact) mass is 929 g/mol. The number of aryl methyl sites for hydroxylation is 5. The number of unbranched alkanes of at least 4 members (excludes halogenated alkanes) is 12. The van der Waals surface area contributed by atoms with E-state index < -0.39 is 5.97 Å². The number of thiophene rings is 4. The fourth-order valence-electron chi connectivity index (χ4n) is 9.39. The normalized spacial score (nSPS) is 12.0. The van der Waals surface area contributed by atoms with E-state index in [4.69, 9.17) is 0 Å². The zero-order chi connectivity index (χ0) is 44.8. The second-order valence-corrected chi connectivity index (χ2v) is 22.0. The predicted molar refractivity (Wildman–Crippen MR) is 286 cm³/mol. The Morgan fingerprint density at radius 2 is 0.953 bits per heavy atom. The minimum atomic E-state index is -0.884. The van der Waals surface area contributed by atoms with Crippen molar-refractivity contribution in [3.8, 4) is 39.7 Å². The molecule has 0 radical (unpaired) electrons. The summed E-state index contributed by atoms with van der Waals surface area (Å²) in [6.45, 7) is 12.4. The van der Waals surface area contributed by atoms with Crippen LogP contribution in [0.5, 0.6) is 0 Å². The number of nitrogens with zero attached hydrogens (tertiary/aromatic N) is 1. The minimum Gasteiger partial charge on any atom is -0.478 e. The zero-order valence-electron chi connectivity index (χ0n) is 39.3. The number of para-hydroxylation sites is 1. The van der Waals surface area contributed by atoms with Crippen LogP contribution in [0.3, 0.4) is 0 Å². The molecule has 5 aromatic heterocycles. The minimum absolute atomic E-state index is 0.884. The molecule has 2 aromatic carbocycles. The van der Waals surface area contributed by atoms with Crippen molar-refractivity contribution < 1.29 is 9.90 Å². The maximum absolute atomic E-state index is 11.7. The van der Waals surface area contributed by atoms with Crippen molar-refractivity contribution in [1.82, 2.24) is 4.57 Å². The van der Waals surface area contributed by atoms with Crippen LogP contribution in [-0.4, -0.2) is 15.6 Å². The van der Waals surface area contributed by atoms with E-state index in [2.05, 4.69) is 106 Å². The Hall–Kier alpha value is -3.75. The van der Waals surface area contributed by atoms with E-state index in [1.807, 2.05) is 40.1 Å². The Kier molecular flexibility index (Phi) is 18.2. The van der Waals surface area contributed by atoms with E-state index in [0.717, 1.165) is 43.5 Å². The van der Waals surface area contributed by atoms with Crippen LogP contribution in [0.15, 0.2) is 72.8 Å². The topological polar surface area (TPSA) is 42.2 Å². The quantitative estimate of drug-likeness (QED) is 0.0412. The first-order valence-corrected chi connectivity index (χ1v) is 28.1. The van der Waals surface area contributed by atoms with Crippen molar-refractivity contribution in [2.45, 2.75) is 170 Å². The summed E-state index contributed by atoms with van der Waals surface area (Å²) in [7, 11) is 0. The highest BCUT2D eigenvalue weighted by Gasteiger charge is 2.23. The van der Waals surface area contributed by atoms with E-state index in [-0.39, 0.29) is 0 Å². The second-order valence-electron chi connectivity index (χ2n) is 17.8. The van der Waals surface area contributed by atoms with Gasteiger partial charge in [0.1, 0.15) is 0 Å². The lowest BCUT2D eigenvalue weighted by Gasteiger charge is -2.03. The van der Waals surface area contributed by atoms with E-state index in [1.165, 1.54) is 186 Å². The van der Waals surface area contributed by atoms with Gasteiger partial charge in [0.2, 0.25) is 0 Å². The fourth-order valence-corrected chi connectivity index (χ4v) is 14.5. The lowest BCUT2D eigenvalue weighted by molar-refractivity contribution is -0.131. The molecule has 0 bridgehead atoms. The van der Waals surface area contributed by atoms with Crippen molar-refractivity contribution in [1.29, 1.82) is 0 Å². The number of aromatic nitrogens is 1. The number of carbonyl (C=O) groups is 1. The highest BCUT2D eigenvalue weighted by molar-refractivity contribution is 7.29. The van der Waals surface area contributed by atoms with Crippen LogP contribution >= 0.6 is 45.3 Å². The Bertz CT molecular complexity index is 2610. The SMILES string of the molecule is CCCCCCc1cc(-c2sc(-c3sc(-c4sc(-c5ccc6c(c5)c5ccccc5n6CC)cc4CCCCCC)cc3CCCCCC)cc2CCCCCC)sc1/C=C/C(=O)O. The van der Waals surface area contributed by atoms with Crippen molar-refractivity contribution in [3.05, 3.63) is 99.9 Å². The first-order chi connectivity index (χ1) is 31.4. The summed E-state index contributed by atoms with van der Waals surface area (Å²) in [6.07, 6.45) is 27.3. The smallest absolute Gasteiger partial charge is 0.328 e. The average Bonchev–Trinajstić information content (AvgIpc) is 4.15. The molecule has 0 atom stereocenters. The molecule has 0 unspecified atom stereocenters. The molecule has 7 aromatic rings. The van der Waals surface area contributed by atoms with Gasteiger partial charge < -0.3 is 9.67 Å². The molecular weight excluding hydrogens is 859 g/mol. The summed E-state index contributed by atoms with van der Waals surface area (Å²) in [5, 5.41) is 12.3. The summed E-state index contributed by atoms with van der Waals surface area (Å²) in [5.74, 6) is -0.884. The molecule has 340 valence electrons. The molecule has 64 heavy (non-hydrogen) atoms. The molecule has 0 saturated carbocycles. The Morgan fingerprint density at radius 1 is 0.500 bits per heavy atom. The number of rotatable bonds is 27. The summed E-state index contributed by atoms with van der Waals surface area (Å²) < 4.78 is 2.46. The van der Waals surface area contributed by atoms with Gasteiger partial charge in [-0.1, -0.05) is 129 Å². The van der Waals surface area contributed by atoms with E-state index in [1.54, 1.807) is 11.3 Å². The average molecular weight is 930 g/mol. The first kappa shape index (κ1) is 48.2. The standard InChI is InChI=1S/C57H71NO2S4/c1-6-11-15-19-25-40-36-51(61-49(40)33-34-54(59)60)55-43(27-21-17-13-8-3)38-53(63-55)57-44(28-22-18-14-9-4)39-52(64-57)56-42(26-20-16-12-7-2)37-50(62-56)41-31-32-48-46(35-41)45-29-23-24-30-47(45)58(48)10-5/h23-24,29-39H,6-22,25-28H2,1-5H3,(H,59,60)/b34-33+. The summed E-state index contributed by atoms with van der Waals surface area (Å²) in [5.41, 5.74) is 9.73. The lowest BCUT2D eigenvalue weighted by atomic mass is 10.0. The van der Waals surface area contributed by atoms with Gasteiger partial charge in [0.25, 0.3) is 0 Å². The zero-order valence-corrected chi connectivity index (χ0v) is 42.6. The van der Waals surface area contributed by atoms with E-state index >= 15 is 0 Å². The van der Waals surface area contributed by atoms with Crippen molar-refractivity contribution in [2.24, 2.45) is 0 Å². The van der Waals surface area contributed by atoms with E-state index in [0.29, 0.717) is 0 Å². The van der Waals surface area contributed by atoms with Crippen molar-refractivity contribution >= 4 is 79.2 Å². The predicted octanol–water partition coefficient (Wildman–Crippen LogP) is 19.3. The Labute approximate surface area is 400 Å². The molecule has 0 spiro atoms. The molecular formula is C57H71NO2S4. The van der Waals surface area contributed by atoms with Crippen LogP contribution in [-0.2, 0) is 37.0 Å². The van der Waals surface area contributed by atoms with Gasteiger partial charge in [-0.05, 0) is 135 Å². The Morgan fingerprint density at radius 3 is 1.47 bits per heavy atom. The molecule has 3 nitrogen and oxygen atoms in total. The summed E-state index contributed by atoms with van der Waals surface area (Å²) in [4.78, 5) is 22.6. The molecule has 0 saturated heterocycles. The largest absolute Gasteiger partial charge is 0.478 e. The molecule has 0 amide bonds. The number of hydrogen-bond donors (Lipinski definition) is 1. The highest BCUT2D eigenvalue weighted by Crippen LogP contribution is 2.50. The molecule has 0 fully saturated rings. The molecule has 0 aliphatic heterocycles. The molecule has 5 heterocycles. The van der Waals surface area contributed by atoms with Gasteiger partial charge in [0, 0.05) is 73.4 Å². The van der Waals surface area contributed by atoms with Gasteiger partial charge in [-0.2, -0.15) is 0 Å². The third kappa shape index (κ3) is 11.8. The molecule has 7 rings (SSSR count). The number of carboxylic acids is 1. The second kappa shape index (κ2) is 24.1. The van der Waals surface area contributed by atoms with Crippen LogP contribution in [0, 0.1) is 0 Å². The number of benzene rings is 2. The van der Waals surface area contributed by atoms with Crippen LogP contribution in [0.1, 0.15) is 164 Å². The summed E-state index contributed by atoms with van der Waals surface area (Å²) >= 11 is 7.82. The van der Waals surface area contributed by atoms with Crippen molar-refractivity contribution in [2.75, 3.05) is 0 Å². The van der Waals surface area contributed by atoms with Gasteiger partial charge >= 0.3 is 5.97 Å². The maximum Gasteiger partial charge on any atom is 0.328 e. The first-order valence-electron chi connectivity index (χ1n) is 24.8. The fraction of sp³-hybridized carbons (Fsp3) is 0.456. The number of fused-ring (bicyclic) bond motifs is 3. The van der Waals surface area contributed by atoms with Gasteiger partial charge in [-0.15, -0.1) is 45.3 Å². The highest BCUT2D eigenvalue weighted by atomic mass is 32.1. The van der Waals surface area contributed by atoms with Gasteiger partial charge in [-0.25, -0.2) is 4.79 Å². The van der Waals surface area contributed by atoms with Crippen LogP contribution in [0.4, 0.5) is 0 Å². The third-order valence-electron chi connectivity index (χ3n) is 12.9. The number of aliphatic carboxylic acids is 1. The number of hydrogen-bond acceptors (Lipinski definition) is 5. The Balaban J connectivity index is 1.32. The number of carboxylic acid groups (broad SMARTS) is 1. The molecule has 0 aliphatic carbocycles. The van der Waals surface area contributed by atoms with Gasteiger partial charge in [0.15, 0.2) is 0 Å². The molecule has 7 heteroatoms. The lowest BCUT2D eigenvalue weighted by Crippen LogP contribution is -1.92. The third-order valence-corrected chi connectivity index (χ3v) is 18.2.